The monoisotopic (exact) mass is 469 g/mol. The summed E-state index contributed by atoms with van der Waals surface area (Å²) in [6.45, 7) is 2.11. The number of nitrogens with zero attached hydrogens (tertiary/aromatic N) is 2. The molecule has 0 atom stereocenters. The minimum Gasteiger partial charge on any atom is -0.444 e. The SMILES string of the molecule is Cl.O=C(CN1CCC(N2C(=O)OCc3ccccc32)CC1)Nc1ccc2c(c1)CCCC2=O. The number of aryl methyl sites for hydroxylation is 1. The van der Waals surface area contributed by atoms with E-state index < -0.39 is 0 Å². The molecule has 2 aliphatic heterocycles. The van der Waals surface area contributed by atoms with Crippen LogP contribution < -0.4 is 10.2 Å². The normalized spacial score (nSPS) is 18.6. The molecule has 3 aliphatic rings. The number of rotatable bonds is 4. The molecule has 2 aromatic carbocycles. The molecule has 174 valence electrons. The molecule has 2 heterocycles. The van der Waals surface area contributed by atoms with Gasteiger partial charge in [0.15, 0.2) is 5.78 Å². The zero-order chi connectivity index (χ0) is 22.1. The minimum absolute atomic E-state index is 0. The lowest BCUT2D eigenvalue weighted by Gasteiger charge is -2.40. The van der Waals surface area contributed by atoms with Gasteiger partial charge in [0.05, 0.1) is 12.2 Å². The van der Waals surface area contributed by atoms with Gasteiger partial charge in [0.1, 0.15) is 6.61 Å². The minimum atomic E-state index is -0.286. The number of carbonyl (C=O) groups is 3. The quantitative estimate of drug-likeness (QED) is 0.726. The number of carbonyl (C=O) groups excluding carboxylic acids is 3. The van der Waals surface area contributed by atoms with E-state index in [2.05, 4.69) is 10.2 Å². The first-order chi connectivity index (χ1) is 15.6. The van der Waals surface area contributed by atoms with E-state index in [4.69, 9.17) is 4.74 Å². The predicted octanol–water partition coefficient (Wildman–Crippen LogP) is 4.19. The zero-order valence-corrected chi connectivity index (χ0v) is 19.2. The van der Waals surface area contributed by atoms with Gasteiger partial charge in [-0.15, -0.1) is 12.4 Å². The number of amides is 2. The Morgan fingerprint density at radius 3 is 2.64 bits per heavy atom. The first-order valence-electron chi connectivity index (χ1n) is 11.3. The number of Topliss-reactive ketones (excluding diaryl/α,β-unsaturated/α-hetero) is 1. The van der Waals surface area contributed by atoms with Crippen LogP contribution in [0.1, 0.15) is 47.2 Å². The van der Waals surface area contributed by atoms with E-state index >= 15 is 0 Å². The fourth-order valence-electron chi connectivity index (χ4n) is 4.98. The van der Waals surface area contributed by atoms with Gasteiger partial charge in [-0.2, -0.15) is 0 Å². The molecule has 33 heavy (non-hydrogen) atoms. The fraction of sp³-hybridized carbons (Fsp3) is 0.400. The maximum atomic E-state index is 12.6. The number of hydrogen-bond acceptors (Lipinski definition) is 5. The number of cyclic esters (lactones) is 1. The first kappa shape index (κ1) is 23.3. The number of likely N-dealkylation sites (tertiary alicyclic amines) is 1. The molecule has 1 saturated heterocycles. The van der Waals surface area contributed by atoms with E-state index in [0.29, 0.717) is 19.6 Å². The van der Waals surface area contributed by atoms with Gasteiger partial charge < -0.3 is 10.1 Å². The van der Waals surface area contributed by atoms with Gasteiger partial charge in [0, 0.05) is 42.4 Å². The molecule has 8 heteroatoms. The first-order valence-corrected chi connectivity index (χ1v) is 11.3. The van der Waals surface area contributed by atoms with Crippen LogP contribution >= 0.6 is 12.4 Å². The van der Waals surface area contributed by atoms with Crippen molar-refractivity contribution in [3.63, 3.8) is 0 Å². The largest absolute Gasteiger partial charge is 0.444 e. The van der Waals surface area contributed by atoms with Crippen LogP contribution in [0.4, 0.5) is 16.2 Å². The number of halogens is 1. The van der Waals surface area contributed by atoms with Crippen molar-refractivity contribution in [3.8, 4) is 0 Å². The lowest BCUT2D eigenvalue weighted by molar-refractivity contribution is -0.117. The lowest BCUT2D eigenvalue weighted by atomic mass is 9.90. The highest BCUT2D eigenvalue weighted by Crippen LogP contribution is 2.31. The van der Waals surface area contributed by atoms with Crippen molar-refractivity contribution in [2.75, 3.05) is 29.9 Å². The second-order valence-corrected chi connectivity index (χ2v) is 8.76. The van der Waals surface area contributed by atoms with Gasteiger partial charge in [0.2, 0.25) is 5.91 Å². The summed E-state index contributed by atoms with van der Waals surface area (Å²) < 4.78 is 5.36. The number of ketones is 1. The molecule has 1 aliphatic carbocycles. The number of nitrogens with one attached hydrogen (secondary N) is 1. The summed E-state index contributed by atoms with van der Waals surface area (Å²) in [5.41, 5.74) is 4.51. The highest BCUT2D eigenvalue weighted by molar-refractivity contribution is 5.99. The Hall–Kier alpha value is -2.90. The lowest BCUT2D eigenvalue weighted by Crippen LogP contribution is -2.50. The Kier molecular flexibility index (Phi) is 7.00. The molecular formula is C25H28ClN3O4. The Labute approximate surface area is 199 Å². The molecule has 2 aromatic rings. The van der Waals surface area contributed by atoms with Crippen molar-refractivity contribution >= 4 is 41.6 Å². The van der Waals surface area contributed by atoms with Crippen molar-refractivity contribution in [3.05, 3.63) is 59.2 Å². The van der Waals surface area contributed by atoms with Crippen LogP contribution in [0, 0.1) is 0 Å². The van der Waals surface area contributed by atoms with Crippen molar-refractivity contribution in [2.45, 2.75) is 44.8 Å². The molecule has 0 bridgehead atoms. The maximum Gasteiger partial charge on any atom is 0.414 e. The number of ether oxygens (including phenoxy) is 1. The number of para-hydroxylation sites is 1. The van der Waals surface area contributed by atoms with Crippen LogP contribution in [0.2, 0.25) is 0 Å². The molecular weight excluding hydrogens is 442 g/mol. The van der Waals surface area contributed by atoms with E-state index in [9.17, 15) is 14.4 Å². The standard InChI is InChI=1S/C25H27N3O4.ClH/c29-23-7-3-5-17-14-19(8-9-21(17)23)26-24(30)15-27-12-10-20(11-13-27)28-22-6-2-1-4-18(22)16-32-25(28)31;/h1-2,4,6,8-9,14,20H,3,5,7,10-13,15-16H2,(H,26,30);1H. The van der Waals surface area contributed by atoms with Crippen LogP contribution in [-0.4, -0.2) is 48.4 Å². The highest BCUT2D eigenvalue weighted by Gasteiger charge is 2.34. The van der Waals surface area contributed by atoms with E-state index in [1.807, 2.05) is 42.5 Å². The highest BCUT2D eigenvalue weighted by atomic mass is 35.5. The summed E-state index contributed by atoms with van der Waals surface area (Å²) >= 11 is 0. The molecule has 2 amide bonds. The van der Waals surface area contributed by atoms with Crippen LogP contribution in [0.15, 0.2) is 42.5 Å². The van der Waals surface area contributed by atoms with Gasteiger partial charge in [-0.05, 0) is 55.5 Å². The summed E-state index contributed by atoms with van der Waals surface area (Å²) in [7, 11) is 0. The number of hydrogen-bond donors (Lipinski definition) is 1. The van der Waals surface area contributed by atoms with Crippen molar-refractivity contribution in [2.24, 2.45) is 0 Å². The molecule has 1 fully saturated rings. The van der Waals surface area contributed by atoms with E-state index in [-0.39, 0.29) is 36.2 Å². The third kappa shape index (κ3) is 4.89. The third-order valence-electron chi connectivity index (χ3n) is 6.63. The Bertz CT molecular complexity index is 1070. The molecule has 0 spiro atoms. The molecule has 0 radical (unpaired) electrons. The molecule has 5 rings (SSSR count). The number of benzene rings is 2. The molecule has 0 unspecified atom stereocenters. The van der Waals surface area contributed by atoms with Crippen LogP contribution in [0.5, 0.6) is 0 Å². The van der Waals surface area contributed by atoms with E-state index in [1.54, 1.807) is 4.90 Å². The van der Waals surface area contributed by atoms with Gasteiger partial charge in [-0.3, -0.25) is 19.4 Å². The number of fused-ring (bicyclic) bond motifs is 2. The van der Waals surface area contributed by atoms with Crippen LogP contribution in [0.3, 0.4) is 0 Å². The van der Waals surface area contributed by atoms with Gasteiger partial charge in [-0.25, -0.2) is 4.79 Å². The van der Waals surface area contributed by atoms with E-state index in [0.717, 1.165) is 66.8 Å². The summed E-state index contributed by atoms with van der Waals surface area (Å²) in [6, 6.07) is 13.5. The summed E-state index contributed by atoms with van der Waals surface area (Å²) in [6.07, 6.45) is 3.64. The fourth-order valence-corrected chi connectivity index (χ4v) is 4.98. The average molecular weight is 470 g/mol. The van der Waals surface area contributed by atoms with Gasteiger partial charge in [0.25, 0.3) is 0 Å². The van der Waals surface area contributed by atoms with Crippen LogP contribution in [0.25, 0.3) is 0 Å². The molecule has 7 nitrogen and oxygen atoms in total. The number of anilines is 2. The van der Waals surface area contributed by atoms with Crippen molar-refractivity contribution in [1.29, 1.82) is 0 Å². The Morgan fingerprint density at radius 1 is 1.03 bits per heavy atom. The van der Waals surface area contributed by atoms with Gasteiger partial charge >= 0.3 is 6.09 Å². The summed E-state index contributed by atoms with van der Waals surface area (Å²) in [5, 5.41) is 2.97. The Morgan fingerprint density at radius 2 is 1.82 bits per heavy atom. The predicted molar refractivity (Wildman–Crippen MR) is 128 cm³/mol. The van der Waals surface area contributed by atoms with Crippen molar-refractivity contribution < 1.29 is 19.1 Å². The smallest absolute Gasteiger partial charge is 0.414 e. The maximum absolute atomic E-state index is 12.6. The molecule has 0 aromatic heterocycles. The molecule has 1 N–H and O–H groups in total. The van der Waals surface area contributed by atoms with Crippen molar-refractivity contribution in [1.82, 2.24) is 4.90 Å². The Balaban J connectivity index is 0.00000259. The topological polar surface area (TPSA) is 79.0 Å². The summed E-state index contributed by atoms with van der Waals surface area (Å²) in [4.78, 5) is 40.9. The average Bonchev–Trinajstić information content (AvgIpc) is 2.80. The van der Waals surface area contributed by atoms with E-state index in [1.165, 1.54) is 0 Å². The zero-order valence-electron chi connectivity index (χ0n) is 18.4. The van der Waals surface area contributed by atoms with Crippen LogP contribution in [-0.2, 0) is 22.6 Å². The summed E-state index contributed by atoms with van der Waals surface area (Å²) in [5.74, 6) is 0.125. The number of piperidine rings is 1. The second-order valence-electron chi connectivity index (χ2n) is 8.76. The second kappa shape index (κ2) is 9.93. The molecule has 0 saturated carbocycles. The van der Waals surface area contributed by atoms with Gasteiger partial charge in [-0.1, -0.05) is 18.2 Å². The third-order valence-corrected chi connectivity index (χ3v) is 6.63.